The van der Waals surface area contributed by atoms with Crippen LogP contribution in [0.15, 0.2) is 52.5 Å². The normalized spacial score (nSPS) is 12.4. The molecule has 17 heavy (non-hydrogen) atoms. The zero-order valence-corrected chi connectivity index (χ0v) is 10.2. The molecular formula is C13H13FN2S. The molecule has 2 N–H and O–H groups in total. The number of nitrogens with zero attached hydrogens (tertiary/aromatic N) is 1. The lowest BCUT2D eigenvalue weighted by atomic mass is 10.1. The van der Waals surface area contributed by atoms with Crippen molar-refractivity contribution in [1.82, 2.24) is 4.98 Å². The second kappa shape index (κ2) is 5.29. The first-order valence-electron chi connectivity index (χ1n) is 5.31. The Kier molecular flexibility index (Phi) is 3.76. The number of hydrogen-bond acceptors (Lipinski definition) is 3. The Morgan fingerprint density at radius 1 is 1.29 bits per heavy atom. The minimum absolute atomic E-state index is 0.197. The van der Waals surface area contributed by atoms with Crippen LogP contribution in [0.4, 0.5) is 4.39 Å². The van der Waals surface area contributed by atoms with Crippen molar-refractivity contribution in [2.24, 2.45) is 5.73 Å². The molecule has 0 aliphatic rings. The van der Waals surface area contributed by atoms with Gasteiger partial charge in [-0.05, 0) is 42.8 Å². The number of aromatic nitrogens is 1. The number of rotatable bonds is 3. The number of pyridine rings is 1. The lowest BCUT2D eigenvalue weighted by Gasteiger charge is -2.11. The molecule has 0 radical (unpaired) electrons. The van der Waals surface area contributed by atoms with Crippen molar-refractivity contribution >= 4 is 11.8 Å². The molecule has 0 bridgehead atoms. The van der Waals surface area contributed by atoms with Crippen molar-refractivity contribution in [1.29, 1.82) is 0 Å². The average molecular weight is 248 g/mol. The molecule has 1 aromatic carbocycles. The molecule has 1 heterocycles. The molecule has 0 aliphatic carbocycles. The van der Waals surface area contributed by atoms with E-state index in [9.17, 15) is 4.39 Å². The number of hydrogen-bond donors (Lipinski definition) is 1. The highest BCUT2D eigenvalue weighted by Crippen LogP contribution is 2.31. The minimum Gasteiger partial charge on any atom is -0.324 e. The summed E-state index contributed by atoms with van der Waals surface area (Å²) in [7, 11) is 0. The predicted molar refractivity (Wildman–Crippen MR) is 67.4 cm³/mol. The highest BCUT2D eigenvalue weighted by molar-refractivity contribution is 7.99. The van der Waals surface area contributed by atoms with Crippen molar-refractivity contribution < 1.29 is 4.39 Å². The number of halogens is 1. The summed E-state index contributed by atoms with van der Waals surface area (Å²) in [5.41, 5.74) is 6.64. The lowest BCUT2D eigenvalue weighted by Crippen LogP contribution is -2.06. The first-order chi connectivity index (χ1) is 8.16. The van der Waals surface area contributed by atoms with E-state index in [1.807, 2.05) is 25.1 Å². The van der Waals surface area contributed by atoms with E-state index in [-0.39, 0.29) is 11.9 Å². The van der Waals surface area contributed by atoms with Crippen molar-refractivity contribution in [3.63, 3.8) is 0 Å². The van der Waals surface area contributed by atoms with Crippen LogP contribution in [-0.2, 0) is 0 Å². The van der Waals surface area contributed by atoms with Crippen molar-refractivity contribution in [3.8, 4) is 0 Å². The molecular weight excluding hydrogens is 235 g/mol. The summed E-state index contributed by atoms with van der Waals surface area (Å²) in [5.74, 6) is -0.261. The van der Waals surface area contributed by atoms with Crippen LogP contribution in [0.3, 0.4) is 0 Å². The predicted octanol–water partition coefficient (Wildman–Crippen LogP) is 3.39. The van der Waals surface area contributed by atoms with E-state index in [1.54, 1.807) is 12.3 Å². The molecule has 0 saturated carbocycles. The van der Waals surface area contributed by atoms with Crippen LogP contribution in [0.1, 0.15) is 18.5 Å². The molecule has 0 saturated heterocycles. The molecule has 1 aromatic heterocycles. The Bertz CT molecular complexity index is 500. The van der Waals surface area contributed by atoms with E-state index in [1.165, 1.54) is 23.9 Å². The maximum absolute atomic E-state index is 13.2. The van der Waals surface area contributed by atoms with Gasteiger partial charge >= 0.3 is 0 Å². The number of nitrogens with two attached hydrogens (primary N) is 1. The van der Waals surface area contributed by atoms with E-state index in [4.69, 9.17) is 5.73 Å². The van der Waals surface area contributed by atoms with E-state index < -0.39 is 0 Å². The van der Waals surface area contributed by atoms with Crippen LogP contribution in [0.25, 0.3) is 0 Å². The fourth-order valence-corrected chi connectivity index (χ4v) is 2.47. The third-order valence-electron chi connectivity index (χ3n) is 2.31. The molecule has 0 fully saturated rings. The Balaban J connectivity index is 2.33. The topological polar surface area (TPSA) is 38.9 Å². The highest BCUT2D eigenvalue weighted by atomic mass is 32.2. The van der Waals surface area contributed by atoms with Gasteiger partial charge in [0.05, 0.1) is 0 Å². The molecule has 88 valence electrons. The Morgan fingerprint density at radius 3 is 2.76 bits per heavy atom. The standard InChI is InChI=1S/C13H13FN2S/c1-9(15)11-8-10(14)5-6-12(11)17-13-4-2-3-7-16-13/h2-9H,15H2,1H3/t9-/m1/s1. The summed E-state index contributed by atoms with van der Waals surface area (Å²) in [4.78, 5) is 5.17. The summed E-state index contributed by atoms with van der Waals surface area (Å²) in [6, 6.07) is 10.2. The van der Waals surface area contributed by atoms with Crippen LogP contribution in [0, 0.1) is 5.82 Å². The molecule has 0 spiro atoms. The third kappa shape index (κ3) is 3.05. The Hall–Kier alpha value is -1.39. The summed E-state index contributed by atoms with van der Waals surface area (Å²) < 4.78 is 13.2. The first-order valence-corrected chi connectivity index (χ1v) is 6.12. The summed E-state index contributed by atoms with van der Waals surface area (Å²) in [5, 5.41) is 0.876. The molecule has 0 unspecified atom stereocenters. The zero-order valence-electron chi connectivity index (χ0n) is 9.43. The highest BCUT2D eigenvalue weighted by Gasteiger charge is 2.10. The van der Waals surface area contributed by atoms with E-state index in [0.29, 0.717) is 0 Å². The van der Waals surface area contributed by atoms with Gasteiger partial charge in [-0.3, -0.25) is 0 Å². The molecule has 2 nitrogen and oxygen atoms in total. The van der Waals surface area contributed by atoms with Gasteiger partial charge in [0.15, 0.2) is 0 Å². The quantitative estimate of drug-likeness (QED) is 0.905. The molecule has 1 atom stereocenters. The van der Waals surface area contributed by atoms with Crippen molar-refractivity contribution in [3.05, 3.63) is 54.0 Å². The monoisotopic (exact) mass is 248 g/mol. The van der Waals surface area contributed by atoms with Gasteiger partial charge in [-0.1, -0.05) is 17.8 Å². The van der Waals surface area contributed by atoms with Crippen molar-refractivity contribution in [2.75, 3.05) is 0 Å². The van der Waals surface area contributed by atoms with Crippen LogP contribution in [-0.4, -0.2) is 4.98 Å². The Labute approximate surface area is 104 Å². The van der Waals surface area contributed by atoms with Crippen LogP contribution in [0.5, 0.6) is 0 Å². The second-order valence-corrected chi connectivity index (χ2v) is 4.80. The fraction of sp³-hybridized carbons (Fsp3) is 0.154. The molecule has 4 heteroatoms. The van der Waals surface area contributed by atoms with Crippen LogP contribution < -0.4 is 5.73 Å². The summed E-state index contributed by atoms with van der Waals surface area (Å²) in [6.45, 7) is 1.84. The van der Waals surface area contributed by atoms with Crippen molar-refractivity contribution in [2.45, 2.75) is 22.9 Å². The van der Waals surface area contributed by atoms with Gasteiger partial charge in [0.1, 0.15) is 10.8 Å². The molecule has 2 rings (SSSR count). The maximum Gasteiger partial charge on any atom is 0.123 e. The molecule has 0 amide bonds. The van der Waals surface area contributed by atoms with Crippen LogP contribution in [0.2, 0.25) is 0 Å². The Morgan fingerprint density at radius 2 is 2.12 bits per heavy atom. The van der Waals surface area contributed by atoms with E-state index in [2.05, 4.69) is 4.98 Å². The zero-order chi connectivity index (χ0) is 12.3. The number of benzene rings is 1. The van der Waals surface area contributed by atoms with E-state index in [0.717, 1.165) is 15.5 Å². The largest absolute Gasteiger partial charge is 0.324 e. The van der Waals surface area contributed by atoms with Crippen LogP contribution >= 0.6 is 11.8 Å². The SMILES string of the molecule is C[C@@H](N)c1cc(F)ccc1Sc1ccccn1. The second-order valence-electron chi connectivity index (χ2n) is 3.74. The maximum atomic E-state index is 13.2. The van der Waals surface area contributed by atoms with Gasteiger partial charge in [0, 0.05) is 17.1 Å². The fourth-order valence-electron chi connectivity index (χ4n) is 1.49. The lowest BCUT2D eigenvalue weighted by molar-refractivity contribution is 0.619. The van der Waals surface area contributed by atoms with Gasteiger partial charge in [0.2, 0.25) is 0 Å². The minimum atomic E-state index is -0.261. The van der Waals surface area contributed by atoms with Gasteiger partial charge in [0.25, 0.3) is 0 Å². The third-order valence-corrected chi connectivity index (χ3v) is 3.36. The molecule has 0 aliphatic heterocycles. The summed E-state index contributed by atoms with van der Waals surface area (Å²) in [6.07, 6.45) is 1.73. The van der Waals surface area contributed by atoms with Gasteiger partial charge in [-0.25, -0.2) is 9.37 Å². The smallest absolute Gasteiger partial charge is 0.123 e. The van der Waals surface area contributed by atoms with E-state index >= 15 is 0 Å². The van der Waals surface area contributed by atoms with Gasteiger partial charge < -0.3 is 5.73 Å². The molecule has 2 aromatic rings. The van der Waals surface area contributed by atoms with Gasteiger partial charge in [-0.2, -0.15) is 0 Å². The average Bonchev–Trinajstić information content (AvgIpc) is 2.32. The van der Waals surface area contributed by atoms with Gasteiger partial charge in [-0.15, -0.1) is 0 Å². The first kappa shape index (κ1) is 12.1. The summed E-state index contributed by atoms with van der Waals surface area (Å²) >= 11 is 1.49.